The van der Waals surface area contributed by atoms with Gasteiger partial charge in [-0.05, 0) is 60.4 Å². The zero-order valence-corrected chi connectivity index (χ0v) is 23.9. The number of rotatable bonds is 8. The second-order valence-corrected chi connectivity index (χ2v) is 11.5. The van der Waals surface area contributed by atoms with Gasteiger partial charge in [-0.1, -0.05) is 25.1 Å². The molecule has 2 aromatic heterocycles. The third-order valence-corrected chi connectivity index (χ3v) is 8.12. The monoisotopic (exact) mass is 589 g/mol. The SMILES string of the molecule is CC1CC(Nc2ccccc2)CN(c2ccncc2NCc2ccc(F)c(-c3c(F)cc(C4(O)CCOC4)cc3F)n2)C1. The van der Waals surface area contributed by atoms with E-state index >= 15 is 8.78 Å². The minimum absolute atomic E-state index is 0.0549. The van der Waals surface area contributed by atoms with Crippen molar-refractivity contribution in [3.05, 3.63) is 102 Å². The molecule has 0 radical (unpaired) electrons. The molecule has 2 aromatic carbocycles. The predicted octanol–water partition coefficient (Wildman–Crippen LogP) is 6.11. The lowest BCUT2D eigenvalue weighted by molar-refractivity contribution is 0.0227. The number of aliphatic hydroxyl groups is 1. The predicted molar refractivity (Wildman–Crippen MR) is 160 cm³/mol. The van der Waals surface area contributed by atoms with Gasteiger partial charge in [0.05, 0.1) is 42.0 Å². The van der Waals surface area contributed by atoms with Crippen LogP contribution in [0.3, 0.4) is 0 Å². The summed E-state index contributed by atoms with van der Waals surface area (Å²) in [6.45, 7) is 4.31. The maximum atomic E-state index is 15.2. The maximum absolute atomic E-state index is 15.2. The number of pyridine rings is 2. The Hall–Kier alpha value is -4.15. The highest BCUT2D eigenvalue weighted by Gasteiger charge is 2.36. The van der Waals surface area contributed by atoms with E-state index in [1.54, 1.807) is 12.4 Å². The third-order valence-electron chi connectivity index (χ3n) is 8.12. The summed E-state index contributed by atoms with van der Waals surface area (Å²) >= 11 is 0. The number of benzene rings is 2. The van der Waals surface area contributed by atoms with Crippen molar-refractivity contribution >= 4 is 17.1 Å². The minimum Gasteiger partial charge on any atom is -0.383 e. The highest BCUT2D eigenvalue weighted by atomic mass is 19.1. The van der Waals surface area contributed by atoms with Gasteiger partial charge in [0.1, 0.15) is 28.7 Å². The van der Waals surface area contributed by atoms with E-state index in [1.807, 2.05) is 24.3 Å². The standard InChI is InChI=1S/C33H34F3N5O2/c1-21-13-25(39-23-5-3-2-4-6-23)19-41(18-21)30-9-11-37-17-29(30)38-16-24-7-8-26(34)32(40-24)31-27(35)14-22(15-28(31)36)33(42)10-12-43-20-33/h2-9,11,14-15,17,21,25,38-39,42H,10,12-13,16,18-20H2,1H3. The number of hydrogen-bond acceptors (Lipinski definition) is 7. The van der Waals surface area contributed by atoms with E-state index in [-0.39, 0.29) is 37.8 Å². The van der Waals surface area contributed by atoms with E-state index in [1.165, 1.54) is 6.07 Å². The molecule has 6 rings (SSSR count). The van der Waals surface area contributed by atoms with E-state index in [0.717, 1.165) is 54.8 Å². The Bertz CT molecular complexity index is 1560. The average molecular weight is 590 g/mol. The van der Waals surface area contributed by atoms with Gasteiger partial charge >= 0.3 is 0 Å². The normalized spacial score (nSPS) is 22.0. The number of piperidine rings is 1. The average Bonchev–Trinajstić information content (AvgIpc) is 3.45. The molecule has 4 aromatic rings. The zero-order valence-electron chi connectivity index (χ0n) is 23.9. The molecule has 2 aliphatic rings. The summed E-state index contributed by atoms with van der Waals surface area (Å²) in [6.07, 6.45) is 4.74. The van der Waals surface area contributed by atoms with Crippen LogP contribution < -0.4 is 15.5 Å². The third kappa shape index (κ3) is 6.30. The van der Waals surface area contributed by atoms with Crippen molar-refractivity contribution in [3.63, 3.8) is 0 Å². The molecule has 0 aliphatic carbocycles. The van der Waals surface area contributed by atoms with E-state index in [9.17, 15) is 9.50 Å². The van der Waals surface area contributed by atoms with Crippen molar-refractivity contribution in [3.8, 4) is 11.3 Å². The molecule has 0 amide bonds. The second-order valence-electron chi connectivity index (χ2n) is 11.5. The molecule has 3 unspecified atom stereocenters. The second kappa shape index (κ2) is 12.2. The number of ether oxygens (including phenoxy) is 1. The van der Waals surface area contributed by atoms with E-state index in [2.05, 4.69) is 44.6 Å². The molecule has 3 atom stereocenters. The Morgan fingerprint density at radius 3 is 2.56 bits per heavy atom. The molecule has 2 saturated heterocycles. The molecule has 10 heteroatoms. The fourth-order valence-electron chi connectivity index (χ4n) is 6.01. The number of anilines is 3. The zero-order chi connectivity index (χ0) is 30.0. The largest absolute Gasteiger partial charge is 0.383 e. The van der Waals surface area contributed by atoms with Gasteiger partial charge in [0.15, 0.2) is 0 Å². The summed E-state index contributed by atoms with van der Waals surface area (Å²) in [7, 11) is 0. The van der Waals surface area contributed by atoms with Crippen LogP contribution in [0, 0.1) is 23.4 Å². The van der Waals surface area contributed by atoms with Crippen LogP contribution in [0.25, 0.3) is 11.3 Å². The van der Waals surface area contributed by atoms with Gasteiger partial charge < -0.3 is 25.4 Å². The summed E-state index contributed by atoms with van der Waals surface area (Å²) < 4.78 is 50.5. The maximum Gasteiger partial charge on any atom is 0.149 e. The van der Waals surface area contributed by atoms with Gasteiger partial charge in [0.25, 0.3) is 0 Å². The lowest BCUT2D eigenvalue weighted by Crippen LogP contribution is -2.46. The van der Waals surface area contributed by atoms with Crippen molar-refractivity contribution in [2.24, 2.45) is 5.92 Å². The first kappa shape index (κ1) is 28.9. The Labute approximate surface area is 248 Å². The molecule has 0 bridgehead atoms. The number of aromatic nitrogens is 2. The van der Waals surface area contributed by atoms with Crippen LogP contribution in [0.4, 0.5) is 30.2 Å². The summed E-state index contributed by atoms with van der Waals surface area (Å²) in [5.41, 5.74) is 0.796. The van der Waals surface area contributed by atoms with Gasteiger partial charge in [-0.25, -0.2) is 18.2 Å². The van der Waals surface area contributed by atoms with Crippen molar-refractivity contribution in [2.45, 2.75) is 38.0 Å². The summed E-state index contributed by atoms with van der Waals surface area (Å²) in [4.78, 5) is 10.9. The lowest BCUT2D eigenvalue weighted by atomic mass is 9.91. The van der Waals surface area contributed by atoms with Crippen molar-refractivity contribution in [1.82, 2.24) is 9.97 Å². The van der Waals surface area contributed by atoms with Crippen LogP contribution in [0.5, 0.6) is 0 Å². The highest BCUT2D eigenvalue weighted by molar-refractivity contribution is 5.69. The molecule has 2 fully saturated rings. The number of hydrogen-bond donors (Lipinski definition) is 3. The summed E-state index contributed by atoms with van der Waals surface area (Å²) in [5.74, 6) is -2.40. The van der Waals surface area contributed by atoms with Crippen LogP contribution in [0.1, 0.15) is 31.0 Å². The Morgan fingerprint density at radius 1 is 1.02 bits per heavy atom. The first-order valence-corrected chi connectivity index (χ1v) is 14.5. The number of nitrogens with zero attached hydrogens (tertiary/aromatic N) is 3. The van der Waals surface area contributed by atoms with Crippen LogP contribution in [-0.2, 0) is 16.9 Å². The molecule has 0 saturated carbocycles. The Balaban J connectivity index is 1.20. The highest BCUT2D eigenvalue weighted by Crippen LogP contribution is 2.36. The molecule has 224 valence electrons. The Morgan fingerprint density at radius 2 is 1.81 bits per heavy atom. The topological polar surface area (TPSA) is 82.5 Å². The first-order valence-electron chi connectivity index (χ1n) is 14.5. The van der Waals surface area contributed by atoms with Gasteiger partial charge in [-0.15, -0.1) is 0 Å². The van der Waals surface area contributed by atoms with Crippen LogP contribution in [0.15, 0.2) is 73.1 Å². The molecular formula is C33H34F3N5O2. The van der Waals surface area contributed by atoms with E-state index in [0.29, 0.717) is 11.6 Å². The van der Waals surface area contributed by atoms with Gasteiger partial charge in [0, 0.05) is 44.0 Å². The van der Waals surface area contributed by atoms with E-state index in [4.69, 9.17) is 4.74 Å². The van der Waals surface area contributed by atoms with Gasteiger partial charge in [-0.2, -0.15) is 0 Å². The molecule has 2 aliphatic heterocycles. The van der Waals surface area contributed by atoms with Crippen molar-refractivity contribution in [2.75, 3.05) is 41.8 Å². The fourth-order valence-corrected chi connectivity index (χ4v) is 6.01. The lowest BCUT2D eigenvalue weighted by Gasteiger charge is -2.39. The first-order chi connectivity index (χ1) is 20.8. The minimum atomic E-state index is -1.48. The smallest absolute Gasteiger partial charge is 0.149 e. The fraction of sp³-hybridized carbons (Fsp3) is 0.333. The van der Waals surface area contributed by atoms with Gasteiger partial charge in [0.2, 0.25) is 0 Å². The van der Waals surface area contributed by atoms with Crippen LogP contribution in [0.2, 0.25) is 0 Å². The molecular weight excluding hydrogens is 555 g/mol. The summed E-state index contributed by atoms with van der Waals surface area (Å²) in [6, 6.07) is 17.1. The number of halogens is 3. The molecule has 0 spiro atoms. The number of para-hydroxylation sites is 1. The number of nitrogens with one attached hydrogen (secondary N) is 2. The molecule has 4 heterocycles. The van der Waals surface area contributed by atoms with Crippen molar-refractivity contribution in [1.29, 1.82) is 0 Å². The molecule has 7 nitrogen and oxygen atoms in total. The summed E-state index contributed by atoms with van der Waals surface area (Å²) in [5, 5.41) is 17.7. The van der Waals surface area contributed by atoms with Gasteiger partial charge in [-0.3, -0.25) is 4.98 Å². The molecule has 3 N–H and O–H groups in total. The van der Waals surface area contributed by atoms with Crippen molar-refractivity contribution < 1.29 is 23.0 Å². The Kier molecular flexibility index (Phi) is 8.23. The molecule has 43 heavy (non-hydrogen) atoms. The van der Waals surface area contributed by atoms with E-state index < -0.39 is 34.3 Å². The van der Waals surface area contributed by atoms with Crippen LogP contribution >= 0.6 is 0 Å². The van der Waals surface area contributed by atoms with Crippen LogP contribution in [-0.4, -0.2) is 47.4 Å². The quantitative estimate of drug-likeness (QED) is 0.229.